The van der Waals surface area contributed by atoms with E-state index < -0.39 is 5.92 Å². The van der Waals surface area contributed by atoms with Crippen LogP contribution in [0.2, 0.25) is 10.0 Å². The molecular formula is C15H11Cl2NO2. The first-order chi connectivity index (χ1) is 9.43. The fourth-order valence-corrected chi connectivity index (χ4v) is 2.55. The van der Waals surface area contributed by atoms with Gasteiger partial charge in [0.2, 0.25) is 0 Å². The maximum absolute atomic E-state index is 12.5. The van der Waals surface area contributed by atoms with Crippen LogP contribution < -0.4 is 0 Å². The molecule has 0 fully saturated rings. The van der Waals surface area contributed by atoms with E-state index in [0.717, 1.165) is 0 Å². The van der Waals surface area contributed by atoms with Crippen LogP contribution in [0, 0.1) is 25.2 Å². The van der Waals surface area contributed by atoms with Gasteiger partial charge in [-0.15, -0.1) is 0 Å². The number of benzene rings is 1. The molecule has 1 atom stereocenters. The molecule has 5 heteroatoms. The Morgan fingerprint density at radius 3 is 2.50 bits per heavy atom. The lowest BCUT2D eigenvalue weighted by Gasteiger charge is -2.10. The van der Waals surface area contributed by atoms with Gasteiger partial charge in [0.1, 0.15) is 17.4 Å². The molecule has 0 aliphatic carbocycles. The highest BCUT2D eigenvalue weighted by Crippen LogP contribution is 2.30. The highest BCUT2D eigenvalue weighted by molar-refractivity contribution is 6.35. The van der Waals surface area contributed by atoms with Crippen LogP contribution in [0.1, 0.15) is 33.4 Å². The Kier molecular flexibility index (Phi) is 4.17. The van der Waals surface area contributed by atoms with Crippen LogP contribution >= 0.6 is 23.2 Å². The van der Waals surface area contributed by atoms with Crippen molar-refractivity contribution < 1.29 is 9.21 Å². The summed E-state index contributed by atoms with van der Waals surface area (Å²) in [6, 6.07) is 8.34. The number of furan rings is 1. The van der Waals surface area contributed by atoms with E-state index in [1.54, 1.807) is 32.0 Å². The van der Waals surface area contributed by atoms with Gasteiger partial charge in [-0.25, -0.2) is 0 Å². The summed E-state index contributed by atoms with van der Waals surface area (Å²) in [6.07, 6.45) is 0. The number of hydrogen-bond acceptors (Lipinski definition) is 3. The molecule has 1 aromatic carbocycles. The predicted octanol–water partition coefficient (Wildman–Crippen LogP) is 4.69. The van der Waals surface area contributed by atoms with Gasteiger partial charge in [0.25, 0.3) is 0 Å². The van der Waals surface area contributed by atoms with Crippen molar-refractivity contribution in [3.8, 4) is 6.07 Å². The van der Waals surface area contributed by atoms with Crippen LogP contribution in [-0.4, -0.2) is 5.78 Å². The normalized spacial score (nSPS) is 11.9. The van der Waals surface area contributed by atoms with Crippen molar-refractivity contribution in [1.82, 2.24) is 0 Å². The van der Waals surface area contributed by atoms with Crippen molar-refractivity contribution in [1.29, 1.82) is 5.26 Å². The summed E-state index contributed by atoms with van der Waals surface area (Å²) in [4.78, 5) is 12.5. The lowest BCUT2D eigenvalue weighted by molar-refractivity contribution is 0.0977. The first kappa shape index (κ1) is 14.6. The minimum absolute atomic E-state index is 0.301. The summed E-state index contributed by atoms with van der Waals surface area (Å²) < 4.78 is 5.33. The van der Waals surface area contributed by atoms with Gasteiger partial charge in [0.05, 0.1) is 11.6 Å². The molecule has 0 N–H and O–H groups in total. The van der Waals surface area contributed by atoms with Gasteiger partial charge in [0, 0.05) is 10.0 Å². The molecule has 0 amide bonds. The van der Waals surface area contributed by atoms with E-state index in [-0.39, 0.29) is 5.78 Å². The van der Waals surface area contributed by atoms with Gasteiger partial charge in [-0.05, 0) is 37.6 Å². The third kappa shape index (κ3) is 2.72. The lowest BCUT2D eigenvalue weighted by Crippen LogP contribution is -2.12. The number of halogens is 2. The summed E-state index contributed by atoms with van der Waals surface area (Å²) in [5, 5.41) is 10.1. The summed E-state index contributed by atoms with van der Waals surface area (Å²) in [6.45, 7) is 3.44. The number of nitriles is 1. The van der Waals surface area contributed by atoms with E-state index in [1.165, 1.54) is 6.07 Å². The van der Waals surface area contributed by atoms with E-state index in [9.17, 15) is 10.1 Å². The van der Waals surface area contributed by atoms with Crippen LogP contribution in [0.5, 0.6) is 0 Å². The Morgan fingerprint density at radius 2 is 2.00 bits per heavy atom. The van der Waals surface area contributed by atoms with E-state index in [0.29, 0.717) is 32.7 Å². The molecule has 0 radical (unpaired) electrons. The van der Waals surface area contributed by atoms with E-state index in [4.69, 9.17) is 27.6 Å². The van der Waals surface area contributed by atoms with Crippen molar-refractivity contribution >= 4 is 29.0 Å². The maximum Gasteiger partial charge on any atom is 0.188 e. The minimum Gasteiger partial charge on any atom is -0.466 e. The summed E-state index contributed by atoms with van der Waals surface area (Å²) in [5.41, 5.74) is 0.849. The summed E-state index contributed by atoms with van der Waals surface area (Å²) in [7, 11) is 0. The Bertz CT molecular complexity index is 713. The molecule has 0 bridgehead atoms. The van der Waals surface area contributed by atoms with E-state index in [1.807, 2.05) is 6.07 Å². The number of Topliss-reactive ketones (excluding diaryl/α,β-unsaturated/α-hetero) is 1. The highest BCUT2D eigenvalue weighted by Gasteiger charge is 2.26. The number of carbonyl (C=O) groups excluding carboxylic acids is 1. The summed E-state index contributed by atoms with van der Waals surface area (Å²) in [5.74, 6) is -0.177. The first-order valence-electron chi connectivity index (χ1n) is 5.90. The molecule has 0 saturated carbocycles. The van der Waals surface area contributed by atoms with Crippen LogP contribution in [0.15, 0.2) is 28.7 Å². The second kappa shape index (κ2) is 5.70. The third-order valence-electron chi connectivity index (χ3n) is 2.97. The molecule has 2 aromatic rings. The molecule has 20 heavy (non-hydrogen) atoms. The number of carbonyl (C=O) groups is 1. The molecule has 2 rings (SSSR count). The van der Waals surface area contributed by atoms with Gasteiger partial charge < -0.3 is 4.42 Å². The zero-order valence-corrected chi connectivity index (χ0v) is 12.4. The highest BCUT2D eigenvalue weighted by atomic mass is 35.5. The SMILES string of the molecule is Cc1cc(C(=O)C(C#N)c2ccc(Cl)cc2Cl)c(C)o1. The molecular weight excluding hydrogens is 297 g/mol. The molecule has 0 saturated heterocycles. The second-order valence-electron chi connectivity index (χ2n) is 4.42. The fraction of sp³-hybridized carbons (Fsp3) is 0.200. The number of rotatable bonds is 3. The van der Waals surface area contributed by atoms with E-state index >= 15 is 0 Å². The quantitative estimate of drug-likeness (QED) is 0.773. The average Bonchev–Trinajstić information content (AvgIpc) is 2.71. The Labute approximate surface area is 126 Å². The van der Waals surface area contributed by atoms with Crippen molar-refractivity contribution in [2.24, 2.45) is 0 Å². The molecule has 1 unspecified atom stereocenters. The fourth-order valence-electron chi connectivity index (χ4n) is 2.04. The third-order valence-corrected chi connectivity index (χ3v) is 3.53. The Balaban J connectivity index is 2.45. The lowest BCUT2D eigenvalue weighted by atomic mass is 9.92. The zero-order valence-electron chi connectivity index (χ0n) is 10.9. The van der Waals surface area contributed by atoms with Gasteiger partial charge in [-0.3, -0.25) is 4.79 Å². The van der Waals surface area contributed by atoms with Gasteiger partial charge >= 0.3 is 0 Å². The van der Waals surface area contributed by atoms with Crippen LogP contribution in [-0.2, 0) is 0 Å². The number of nitrogens with zero attached hydrogens (tertiary/aromatic N) is 1. The molecule has 0 aliphatic heterocycles. The van der Waals surface area contributed by atoms with Gasteiger partial charge in [-0.1, -0.05) is 29.3 Å². The number of ketones is 1. The Hall–Kier alpha value is -1.76. The second-order valence-corrected chi connectivity index (χ2v) is 5.26. The topological polar surface area (TPSA) is 54.0 Å². The maximum atomic E-state index is 12.5. The largest absolute Gasteiger partial charge is 0.466 e. The van der Waals surface area contributed by atoms with Crippen LogP contribution in [0.4, 0.5) is 0 Å². The predicted molar refractivity (Wildman–Crippen MR) is 77.3 cm³/mol. The summed E-state index contributed by atoms with van der Waals surface area (Å²) >= 11 is 11.9. The van der Waals surface area contributed by atoms with Crippen molar-refractivity contribution in [3.05, 3.63) is 57.0 Å². The van der Waals surface area contributed by atoms with Crippen LogP contribution in [0.3, 0.4) is 0 Å². The van der Waals surface area contributed by atoms with Crippen molar-refractivity contribution in [2.75, 3.05) is 0 Å². The molecule has 102 valence electrons. The standard InChI is InChI=1S/C15H11Cl2NO2/c1-8-5-12(9(2)20-8)15(19)13(7-18)11-4-3-10(16)6-14(11)17/h3-6,13H,1-2H3. The van der Waals surface area contributed by atoms with Gasteiger partial charge in [-0.2, -0.15) is 5.26 Å². The van der Waals surface area contributed by atoms with E-state index in [2.05, 4.69) is 0 Å². The van der Waals surface area contributed by atoms with Crippen molar-refractivity contribution in [3.63, 3.8) is 0 Å². The molecule has 0 spiro atoms. The number of aryl methyl sites for hydroxylation is 2. The zero-order chi connectivity index (χ0) is 14.9. The first-order valence-corrected chi connectivity index (χ1v) is 6.65. The van der Waals surface area contributed by atoms with Gasteiger partial charge in [0.15, 0.2) is 5.78 Å². The average molecular weight is 308 g/mol. The molecule has 1 aromatic heterocycles. The molecule has 1 heterocycles. The Morgan fingerprint density at radius 1 is 1.30 bits per heavy atom. The molecule has 0 aliphatic rings. The minimum atomic E-state index is -0.976. The number of hydrogen-bond donors (Lipinski definition) is 0. The van der Waals surface area contributed by atoms with Crippen LogP contribution in [0.25, 0.3) is 0 Å². The molecule has 3 nitrogen and oxygen atoms in total. The monoisotopic (exact) mass is 307 g/mol. The van der Waals surface area contributed by atoms with Crippen molar-refractivity contribution in [2.45, 2.75) is 19.8 Å². The smallest absolute Gasteiger partial charge is 0.188 e.